The van der Waals surface area contributed by atoms with E-state index in [-0.39, 0.29) is 18.6 Å². The largest absolute Gasteiger partial charge is 0.486 e. The Morgan fingerprint density at radius 3 is 2.77 bits per heavy atom. The summed E-state index contributed by atoms with van der Waals surface area (Å²) in [5.41, 5.74) is 1.60. The Hall–Kier alpha value is -3.22. The number of aromatic nitrogens is 4. The number of hydrogen-bond donors (Lipinski definition) is 1. The van der Waals surface area contributed by atoms with Gasteiger partial charge in [0.2, 0.25) is 0 Å². The molecule has 2 aromatic carbocycles. The third kappa shape index (κ3) is 4.24. The van der Waals surface area contributed by atoms with Crippen LogP contribution in [0, 0.1) is 0 Å². The van der Waals surface area contributed by atoms with Crippen LogP contribution in [-0.4, -0.2) is 26.1 Å². The van der Waals surface area contributed by atoms with E-state index in [1.165, 1.54) is 0 Å². The van der Waals surface area contributed by atoms with E-state index in [0.717, 1.165) is 5.56 Å². The molecule has 3 rings (SSSR count). The van der Waals surface area contributed by atoms with Gasteiger partial charge in [0.05, 0.1) is 6.04 Å². The first-order valence-corrected chi connectivity index (χ1v) is 8.51. The first-order valence-electron chi connectivity index (χ1n) is 8.51. The lowest BCUT2D eigenvalue weighted by Gasteiger charge is -2.14. The second-order valence-corrected chi connectivity index (χ2v) is 5.83. The molecular formula is C19H21N5O2. The number of rotatable bonds is 7. The summed E-state index contributed by atoms with van der Waals surface area (Å²) in [5.74, 6) is 1.08. The molecular weight excluding hydrogens is 330 g/mol. The predicted octanol–water partition coefficient (Wildman–Crippen LogP) is 2.76. The Balaban J connectivity index is 1.64. The van der Waals surface area contributed by atoms with Crippen LogP contribution in [0.3, 0.4) is 0 Å². The van der Waals surface area contributed by atoms with Gasteiger partial charge in [0.25, 0.3) is 5.91 Å². The molecule has 0 radical (unpaired) electrons. The molecule has 7 nitrogen and oxygen atoms in total. The average molecular weight is 351 g/mol. The molecule has 0 saturated carbocycles. The second-order valence-electron chi connectivity index (χ2n) is 5.83. The van der Waals surface area contributed by atoms with Gasteiger partial charge < -0.3 is 10.1 Å². The Kier molecular flexibility index (Phi) is 5.58. The molecule has 26 heavy (non-hydrogen) atoms. The summed E-state index contributed by atoms with van der Waals surface area (Å²) in [6.07, 6.45) is 0. The summed E-state index contributed by atoms with van der Waals surface area (Å²) in [4.78, 5) is 12.5. The number of benzene rings is 2. The molecule has 0 aliphatic rings. The maximum absolute atomic E-state index is 12.5. The van der Waals surface area contributed by atoms with Crippen LogP contribution in [0.15, 0.2) is 54.6 Å². The van der Waals surface area contributed by atoms with Gasteiger partial charge in [-0.2, -0.15) is 0 Å². The molecule has 0 saturated heterocycles. The van der Waals surface area contributed by atoms with E-state index in [4.69, 9.17) is 4.74 Å². The zero-order valence-corrected chi connectivity index (χ0v) is 14.8. The number of nitrogens with one attached hydrogen (secondary N) is 1. The SMILES string of the molecule is CCn1nnnc1COc1cccc(C(=O)NC(C)c2ccccc2)c1. The van der Waals surface area contributed by atoms with E-state index in [1.54, 1.807) is 28.9 Å². The molecule has 1 N–H and O–H groups in total. The normalized spacial score (nSPS) is 11.8. The third-order valence-electron chi connectivity index (χ3n) is 4.02. The van der Waals surface area contributed by atoms with Gasteiger partial charge in [-0.05, 0) is 48.0 Å². The first kappa shape index (κ1) is 17.6. The fraction of sp³-hybridized carbons (Fsp3) is 0.263. The summed E-state index contributed by atoms with van der Waals surface area (Å²) in [5, 5.41) is 14.4. The number of hydrogen-bond acceptors (Lipinski definition) is 5. The zero-order chi connectivity index (χ0) is 18.4. The van der Waals surface area contributed by atoms with Crippen molar-refractivity contribution in [2.75, 3.05) is 0 Å². The predicted molar refractivity (Wildman–Crippen MR) is 96.6 cm³/mol. The van der Waals surface area contributed by atoms with Crippen molar-refractivity contribution in [1.82, 2.24) is 25.5 Å². The highest BCUT2D eigenvalue weighted by Gasteiger charge is 2.12. The van der Waals surface area contributed by atoms with Crippen LogP contribution in [0.5, 0.6) is 5.75 Å². The van der Waals surface area contributed by atoms with E-state index in [9.17, 15) is 4.79 Å². The molecule has 0 bridgehead atoms. The minimum atomic E-state index is -0.148. The molecule has 1 amide bonds. The molecule has 1 heterocycles. The lowest BCUT2D eigenvalue weighted by atomic mass is 10.1. The van der Waals surface area contributed by atoms with Gasteiger partial charge >= 0.3 is 0 Å². The Bertz CT molecular complexity index is 863. The van der Waals surface area contributed by atoms with Gasteiger partial charge in [-0.3, -0.25) is 4.79 Å². The smallest absolute Gasteiger partial charge is 0.251 e. The fourth-order valence-corrected chi connectivity index (χ4v) is 2.55. The van der Waals surface area contributed by atoms with E-state index < -0.39 is 0 Å². The minimum absolute atomic E-state index is 0.0811. The topological polar surface area (TPSA) is 81.9 Å². The third-order valence-corrected chi connectivity index (χ3v) is 4.02. The number of aryl methyl sites for hydroxylation is 1. The van der Waals surface area contributed by atoms with Gasteiger partial charge in [0.1, 0.15) is 12.4 Å². The number of amides is 1. The highest BCUT2D eigenvalue weighted by molar-refractivity contribution is 5.94. The van der Waals surface area contributed by atoms with Crippen molar-refractivity contribution in [3.8, 4) is 5.75 Å². The summed E-state index contributed by atoms with van der Waals surface area (Å²) < 4.78 is 7.39. The standard InChI is InChI=1S/C19H21N5O2/c1-3-24-18(21-22-23-24)13-26-17-11-7-10-16(12-17)19(25)20-14(2)15-8-5-4-6-9-15/h4-12,14H,3,13H2,1-2H3,(H,20,25). The van der Waals surface area contributed by atoms with E-state index in [1.807, 2.05) is 44.2 Å². The molecule has 1 unspecified atom stereocenters. The quantitative estimate of drug-likeness (QED) is 0.708. The van der Waals surface area contributed by atoms with Crippen molar-refractivity contribution in [2.24, 2.45) is 0 Å². The van der Waals surface area contributed by atoms with Crippen LogP contribution >= 0.6 is 0 Å². The van der Waals surface area contributed by atoms with Gasteiger partial charge in [0, 0.05) is 12.1 Å². The van der Waals surface area contributed by atoms with Crippen molar-refractivity contribution in [1.29, 1.82) is 0 Å². The van der Waals surface area contributed by atoms with Crippen molar-refractivity contribution in [3.05, 3.63) is 71.5 Å². The van der Waals surface area contributed by atoms with Gasteiger partial charge in [-0.25, -0.2) is 4.68 Å². The number of nitrogens with zero attached hydrogens (tertiary/aromatic N) is 4. The molecule has 134 valence electrons. The Morgan fingerprint density at radius 1 is 1.19 bits per heavy atom. The maximum Gasteiger partial charge on any atom is 0.251 e. The lowest BCUT2D eigenvalue weighted by molar-refractivity contribution is 0.0939. The lowest BCUT2D eigenvalue weighted by Crippen LogP contribution is -2.26. The molecule has 1 atom stereocenters. The number of carbonyl (C=O) groups is 1. The van der Waals surface area contributed by atoms with Gasteiger partial charge in [0.15, 0.2) is 5.82 Å². The van der Waals surface area contributed by atoms with E-state index in [2.05, 4.69) is 20.8 Å². The van der Waals surface area contributed by atoms with Gasteiger partial charge in [-0.15, -0.1) is 5.10 Å². The van der Waals surface area contributed by atoms with Gasteiger partial charge in [-0.1, -0.05) is 36.4 Å². The molecule has 0 fully saturated rings. The van der Waals surface area contributed by atoms with Crippen LogP contribution in [-0.2, 0) is 13.2 Å². The first-order chi connectivity index (χ1) is 12.7. The molecule has 3 aromatic rings. The summed E-state index contributed by atoms with van der Waals surface area (Å²) >= 11 is 0. The van der Waals surface area contributed by atoms with Crippen molar-refractivity contribution in [2.45, 2.75) is 33.0 Å². The van der Waals surface area contributed by atoms with Crippen LogP contribution in [0.2, 0.25) is 0 Å². The van der Waals surface area contributed by atoms with Crippen molar-refractivity contribution < 1.29 is 9.53 Å². The Labute approximate surface area is 152 Å². The fourth-order valence-electron chi connectivity index (χ4n) is 2.55. The van der Waals surface area contributed by atoms with Crippen LogP contribution in [0.4, 0.5) is 0 Å². The maximum atomic E-state index is 12.5. The summed E-state index contributed by atoms with van der Waals surface area (Å²) in [7, 11) is 0. The number of tetrazole rings is 1. The highest BCUT2D eigenvalue weighted by atomic mass is 16.5. The Morgan fingerprint density at radius 2 is 2.00 bits per heavy atom. The minimum Gasteiger partial charge on any atom is -0.486 e. The van der Waals surface area contributed by atoms with Crippen LogP contribution in [0.1, 0.15) is 41.6 Å². The number of ether oxygens (including phenoxy) is 1. The second kappa shape index (κ2) is 8.24. The van der Waals surface area contributed by atoms with E-state index in [0.29, 0.717) is 23.7 Å². The zero-order valence-electron chi connectivity index (χ0n) is 14.8. The molecule has 0 spiro atoms. The molecule has 1 aromatic heterocycles. The summed E-state index contributed by atoms with van der Waals surface area (Å²) in [6, 6.07) is 16.8. The molecule has 0 aliphatic heterocycles. The number of carbonyl (C=O) groups excluding carboxylic acids is 1. The highest BCUT2D eigenvalue weighted by Crippen LogP contribution is 2.17. The molecule has 0 aliphatic carbocycles. The molecule has 7 heteroatoms. The monoisotopic (exact) mass is 351 g/mol. The van der Waals surface area contributed by atoms with Crippen LogP contribution < -0.4 is 10.1 Å². The summed E-state index contributed by atoms with van der Waals surface area (Å²) in [6.45, 7) is 4.83. The van der Waals surface area contributed by atoms with E-state index >= 15 is 0 Å². The van der Waals surface area contributed by atoms with Crippen molar-refractivity contribution in [3.63, 3.8) is 0 Å². The average Bonchev–Trinajstić information content (AvgIpc) is 3.15. The van der Waals surface area contributed by atoms with Crippen LogP contribution in [0.25, 0.3) is 0 Å². The van der Waals surface area contributed by atoms with Crippen molar-refractivity contribution >= 4 is 5.91 Å².